The molecule has 0 aromatic carbocycles. The quantitative estimate of drug-likeness (QED) is 0.703. The van der Waals surface area contributed by atoms with E-state index in [2.05, 4.69) is 0 Å². The molecular formula is C11H26Cl2O2. The molecule has 15 heavy (non-hydrogen) atoms. The number of ether oxygens (including phenoxy) is 2. The lowest BCUT2D eigenvalue weighted by molar-refractivity contribution is 0.0300. The Morgan fingerprint density at radius 2 is 1.13 bits per heavy atom. The molecule has 0 aliphatic rings. The van der Waals surface area contributed by atoms with Crippen molar-refractivity contribution < 1.29 is 9.47 Å². The molecule has 0 N–H and O–H groups in total. The molecule has 0 saturated carbocycles. The Morgan fingerprint density at radius 3 is 1.13 bits per heavy atom. The molecule has 96 valence electrons. The van der Waals surface area contributed by atoms with Crippen molar-refractivity contribution in [1.82, 2.24) is 0 Å². The Balaban J connectivity index is -0.000000158. The van der Waals surface area contributed by atoms with Crippen molar-refractivity contribution in [3.63, 3.8) is 0 Å². The van der Waals surface area contributed by atoms with Crippen LogP contribution in [0.25, 0.3) is 0 Å². The molecule has 0 atom stereocenters. The summed E-state index contributed by atoms with van der Waals surface area (Å²) in [5, 5.41) is 0.194. The first-order valence-electron chi connectivity index (χ1n) is 5.31. The Bertz CT molecular complexity index is 80.7. The van der Waals surface area contributed by atoms with Crippen LogP contribution in [0, 0.1) is 0 Å². The van der Waals surface area contributed by atoms with Crippen molar-refractivity contribution in [3.05, 3.63) is 0 Å². The monoisotopic (exact) mass is 260 g/mol. The molecule has 0 radical (unpaired) electrons. The van der Waals surface area contributed by atoms with Crippen molar-refractivity contribution >= 4 is 23.2 Å². The molecule has 0 rings (SSSR count). The van der Waals surface area contributed by atoms with E-state index in [0.717, 1.165) is 13.2 Å². The number of alkyl halides is 2. The van der Waals surface area contributed by atoms with Crippen molar-refractivity contribution in [1.29, 1.82) is 0 Å². The smallest absolute Gasteiger partial charge is 0.0967 e. The molecule has 0 spiro atoms. The lowest BCUT2D eigenvalue weighted by atomic mass is 10.4. The van der Waals surface area contributed by atoms with Crippen LogP contribution in [0.1, 0.15) is 41.5 Å². The van der Waals surface area contributed by atoms with Crippen molar-refractivity contribution in [3.8, 4) is 0 Å². The zero-order valence-corrected chi connectivity index (χ0v) is 12.4. The SMILES string of the molecule is CC(C)OC(C)C.CCOCC.ClCCl. The Hall–Kier alpha value is 0.500. The summed E-state index contributed by atoms with van der Waals surface area (Å²) >= 11 is 9.53. The first-order chi connectivity index (χ1) is 6.95. The number of halogens is 2. The number of rotatable bonds is 4. The highest BCUT2D eigenvalue weighted by atomic mass is 35.5. The van der Waals surface area contributed by atoms with Crippen LogP contribution in [0.4, 0.5) is 0 Å². The molecule has 0 aromatic rings. The molecule has 0 saturated heterocycles. The van der Waals surface area contributed by atoms with Crippen LogP contribution in [-0.2, 0) is 9.47 Å². The van der Waals surface area contributed by atoms with Gasteiger partial charge in [0.2, 0.25) is 0 Å². The minimum Gasteiger partial charge on any atom is -0.382 e. The lowest BCUT2D eigenvalue weighted by Crippen LogP contribution is -2.09. The highest BCUT2D eigenvalue weighted by Crippen LogP contribution is 1.93. The molecule has 0 aromatic heterocycles. The highest BCUT2D eigenvalue weighted by molar-refractivity contribution is 6.40. The average molecular weight is 261 g/mol. The van der Waals surface area contributed by atoms with Gasteiger partial charge in [-0.3, -0.25) is 0 Å². The second-order valence-electron chi connectivity index (χ2n) is 3.12. The minimum absolute atomic E-state index is 0.194. The average Bonchev–Trinajstić information content (AvgIpc) is 2.05. The summed E-state index contributed by atoms with van der Waals surface area (Å²) in [4.78, 5) is 0. The van der Waals surface area contributed by atoms with Crippen LogP contribution in [-0.4, -0.2) is 30.8 Å². The maximum absolute atomic E-state index is 5.25. The normalized spacial score (nSPS) is 9.20. The van der Waals surface area contributed by atoms with E-state index >= 15 is 0 Å². The summed E-state index contributed by atoms with van der Waals surface area (Å²) < 4.78 is 10.1. The Kier molecular flexibility index (Phi) is 27.8. The van der Waals surface area contributed by atoms with Crippen LogP contribution in [0.15, 0.2) is 0 Å². The van der Waals surface area contributed by atoms with Crippen molar-refractivity contribution in [2.24, 2.45) is 0 Å². The lowest BCUT2D eigenvalue weighted by Gasteiger charge is -2.09. The van der Waals surface area contributed by atoms with Gasteiger partial charge in [0.1, 0.15) is 0 Å². The van der Waals surface area contributed by atoms with Gasteiger partial charge in [-0.25, -0.2) is 0 Å². The van der Waals surface area contributed by atoms with Gasteiger partial charge < -0.3 is 9.47 Å². The fraction of sp³-hybridized carbons (Fsp3) is 1.00. The first kappa shape index (κ1) is 20.9. The molecule has 0 unspecified atom stereocenters. The van der Waals surface area contributed by atoms with Crippen LogP contribution >= 0.6 is 23.2 Å². The largest absolute Gasteiger partial charge is 0.382 e. The molecule has 0 aliphatic heterocycles. The van der Waals surface area contributed by atoms with E-state index in [4.69, 9.17) is 32.7 Å². The Labute approximate surface area is 105 Å². The predicted molar refractivity (Wildman–Crippen MR) is 70.1 cm³/mol. The third-order valence-electron chi connectivity index (χ3n) is 0.953. The summed E-state index contributed by atoms with van der Waals surface area (Å²) in [6.45, 7) is 13.8. The van der Waals surface area contributed by atoms with E-state index in [0.29, 0.717) is 12.2 Å². The second-order valence-corrected chi connectivity index (χ2v) is 3.92. The van der Waals surface area contributed by atoms with E-state index in [1.165, 1.54) is 0 Å². The number of hydrogen-bond acceptors (Lipinski definition) is 2. The summed E-state index contributed by atoms with van der Waals surface area (Å²) in [6.07, 6.45) is 0.750. The zero-order chi connectivity index (χ0) is 12.7. The highest BCUT2D eigenvalue weighted by Gasteiger charge is 1.94. The standard InChI is InChI=1S/C6H14O.C4H10O.CH2Cl2/c1-5(2)7-6(3)4;1-3-5-4-2;2-1-3/h5-6H,1-4H3;3-4H2,1-2H3;1H2. The van der Waals surface area contributed by atoms with Gasteiger partial charge in [0.15, 0.2) is 0 Å². The van der Waals surface area contributed by atoms with E-state index in [1.807, 2.05) is 41.5 Å². The summed E-state index contributed by atoms with van der Waals surface area (Å²) in [5.41, 5.74) is 0. The predicted octanol–water partition coefficient (Wildman–Crippen LogP) is 4.28. The molecule has 2 nitrogen and oxygen atoms in total. The van der Waals surface area contributed by atoms with E-state index in [1.54, 1.807) is 0 Å². The van der Waals surface area contributed by atoms with Gasteiger partial charge in [0.05, 0.1) is 17.5 Å². The molecule has 0 bridgehead atoms. The third kappa shape index (κ3) is 53.6. The molecule has 4 heteroatoms. The molecule has 0 aliphatic carbocycles. The maximum Gasteiger partial charge on any atom is 0.0967 e. The zero-order valence-electron chi connectivity index (χ0n) is 10.8. The van der Waals surface area contributed by atoms with Gasteiger partial charge in [-0.05, 0) is 41.5 Å². The van der Waals surface area contributed by atoms with Crippen molar-refractivity contribution in [2.75, 3.05) is 18.6 Å². The van der Waals surface area contributed by atoms with E-state index < -0.39 is 0 Å². The fourth-order valence-electron chi connectivity index (χ4n) is 0.748. The van der Waals surface area contributed by atoms with Crippen LogP contribution in [0.5, 0.6) is 0 Å². The molecule has 0 heterocycles. The first-order valence-corrected chi connectivity index (χ1v) is 6.38. The van der Waals surface area contributed by atoms with Gasteiger partial charge >= 0.3 is 0 Å². The van der Waals surface area contributed by atoms with Crippen LogP contribution in [0.3, 0.4) is 0 Å². The van der Waals surface area contributed by atoms with Gasteiger partial charge in [-0.15, -0.1) is 23.2 Å². The van der Waals surface area contributed by atoms with Gasteiger partial charge in [0, 0.05) is 13.2 Å². The van der Waals surface area contributed by atoms with Gasteiger partial charge in [-0.1, -0.05) is 0 Å². The van der Waals surface area contributed by atoms with E-state index in [-0.39, 0.29) is 5.34 Å². The summed E-state index contributed by atoms with van der Waals surface area (Å²) in [6, 6.07) is 0. The molecule has 0 amide bonds. The van der Waals surface area contributed by atoms with Crippen molar-refractivity contribution in [2.45, 2.75) is 53.8 Å². The summed E-state index contributed by atoms with van der Waals surface area (Å²) in [5.74, 6) is 0. The number of hydrogen-bond donors (Lipinski definition) is 0. The fourth-order valence-corrected chi connectivity index (χ4v) is 0.748. The molecule has 0 fully saturated rings. The van der Waals surface area contributed by atoms with Gasteiger partial charge in [-0.2, -0.15) is 0 Å². The second kappa shape index (κ2) is 20.0. The maximum atomic E-state index is 5.25. The van der Waals surface area contributed by atoms with Crippen LogP contribution < -0.4 is 0 Å². The minimum atomic E-state index is 0.194. The third-order valence-corrected chi connectivity index (χ3v) is 0.953. The molecular weight excluding hydrogens is 235 g/mol. The summed E-state index contributed by atoms with van der Waals surface area (Å²) in [7, 11) is 0. The van der Waals surface area contributed by atoms with Crippen LogP contribution in [0.2, 0.25) is 0 Å². The Morgan fingerprint density at radius 1 is 0.867 bits per heavy atom. The van der Waals surface area contributed by atoms with Gasteiger partial charge in [0.25, 0.3) is 0 Å². The van der Waals surface area contributed by atoms with E-state index in [9.17, 15) is 0 Å². The topological polar surface area (TPSA) is 18.5 Å².